The summed E-state index contributed by atoms with van der Waals surface area (Å²) in [6, 6.07) is 1.91. The second kappa shape index (κ2) is 10.1. The Balaban J connectivity index is 1.53. The number of anilines is 1. The third-order valence-electron chi connectivity index (χ3n) is 6.69. The van der Waals surface area contributed by atoms with Gasteiger partial charge < -0.3 is 24.6 Å². The number of hydrogen-bond acceptors (Lipinski definition) is 7. The van der Waals surface area contributed by atoms with E-state index in [1.165, 1.54) is 27.2 Å². The second-order valence-corrected chi connectivity index (χ2v) is 8.97. The fraction of sp³-hybridized carbons (Fsp3) is 0.417. The molecule has 4 heterocycles. The number of piperidine rings is 1. The molecule has 1 aromatic carbocycles. The first-order chi connectivity index (χ1) is 18.2. The second-order valence-electron chi connectivity index (χ2n) is 8.97. The maximum absolute atomic E-state index is 15.3. The number of benzene rings is 1. The van der Waals surface area contributed by atoms with Crippen molar-refractivity contribution in [1.29, 1.82) is 0 Å². The molecule has 5 rings (SSSR count). The average molecular weight is 536 g/mol. The molecule has 1 amide bonds. The number of aryl methyl sites for hydroxylation is 2. The van der Waals surface area contributed by atoms with Crippen molar-refractivity contribution >= 4 is 28.4 Å². The Morgan fingerprint density at radius 1 is 1.26 bits per heavy atom. The molecule has 1 aliphatic heterocycles. The number of methoxy groups -OCH3 is 1. The summed E-state index contributed by atoms with van der Waals surface area (Å²) in [7, 11) is 1.32. The number of rotatable bonds is 7. The Morgan fingerprint density at radius 2 is 2.05 bits per heavy atom. The molecule has 0 aliphatic carbocycles. The van der Waals surface area contributed by atoms with Crippen LogP contribution in [0.4, 0.5) is 23.5 Å². The summed E-state index contributed by atoms with van der Waals surface area (Å²) >= 11 is 0. The number of ether oxygens (including phenoxy) is 1. The maximum Gasteiger partial charge on any atom is 0.248 e. The van der Waals surface area contributed by atoms with Gasteiger partial charge in [0, 0.05) is 6.54 Å². The van der Waals surface area contributed by atoms with Gasteiger partial charge in [-0.1, -0.05) is 0 Å². The fourth-order valence-corrected chi connectivity index (χ4v) is 4.87. The van der Waals surface area contributed by atoms with Gasteiger partial charge in [-0.15, -0.1) is 5.10 Å². The van der Waals surface area contributed by atoms with Gasteiger partial charge in [0.1, 0.15) is 36.3 Å². The molecular formula is C24H25F4N7O3. The zero-order valence-corrected chi connectivity index (χ0v) is 20.6. The van der Waals surface area contributed by atoms with Crippen LogP contribution in [0, 0.1) is 18.6 Å². The number of aliphatic hydroxyl groups excluding tert-OH is 1. The molecule has 4 aromatic rings. The van der Waals surface area contributed by atoms with Gasteiger partial charge in [0.2, 0.25) is 17.7 Å². The van der Waals surface area contributed by atoms with Crippen molar-refractivity contribution in [3.63, 3.8) is 0 Å². The van der Waals surface area contributed by atoms with Gasteiger partial charge in [-0.2, -0.15) is 4.98 Å². The third-order valence-corrected chi connectivity index (χ3v) is 6.69. The number of carbonyl (C=O) groups excluding carboxylic acids is 1. The smallest absolute Gasteiger partial charge is 0.248 e. The number of aliphatic hydroxyl groups is 1. The van der Waals surface area contributed by atoms with Crippen molar-refractivity contribution < 1.29 is 32.2 Å². The molecule has 0 spiro atoms. The SMILES string of the molecule is COc1nc(N[C@H]2CCN(C(=O)CO)C[C@H]2F)nn2cc(F)c(-c3cc(F)c4nc(C)n(CCF)c4c3)c12. The summed E-state index contributed by atoms with van der Waals surface area (Å²) in [5.74, 6) is -1.65. The first-order valence-corrected chi connectivity index (χ1v) is 11.9. The van der Waals surface area contributed by atoms with Crippen LogP contribution in [0.1, 0.15) is 12.2 Å². The van der Waals surface area contributed by atoms with Gasteiger partial charge in [-0.3, -0.25) is 4.79 Å². The first-order valence-electron chi connectivity index (χ1n) is 11.9. The lowest BCUT2D eigenvalue weighted by atomic mass is 10.0. The lowest BCUT2D eigenvalue weighted by molar-refractivity contribution is -0.136. The van der Waals surface area contributed by atoms with Crippen molar-refractivity contribution in [3.05, 3.63) is 35.8 Å². The highest BCUT2D eigenvalue weighted by Crippen LogP contribution is 2.36. The zero-order chi connectivity index (χ0) is 27.1. The Labute approximate surface area is 213 Å². The molecular weight excluding hydrogens is 510 g/mol. The van der Waals surface area contributed by atoms with Crippen LogP contribution in [-0.4, -0.2) is 85.8 Å². The molecule has 2 N–H and O–H groups in total. The van der Waals surface area contributed by atoms with Crippen LogP contribution in [0.15, 0.2) is 18.3 Å². The number of hydrogen-bond donors (Lipinski definition) is 2. The van der Waals surface area contributed by atoms with Crippen molar-refractivity contribution in [2.24, 2.45) is 0 Å². The predicted octanol–water partition coefficient (Wildman–Crippen LogP) is 2.65. The van der Waals surface area contributed by atoms with Crippen LogP contribution in [0.5, 0.6) is 5.88 Å². The highest BCUT2D eigenvalue weighted by atomic mass is 19.1. The number of alkyl halides is 2. The summed E-state index contributed by atoms with van der Waals surface area (Å²) in [5, 5.41) is 16.1. The zero-order valence-electron chi connectivity index (χ0n) is 20.6. The van der Waals surface area contributed by atoms with Crippen LogP contribution in [0.2, 0.25) is 0 Å². The molecule has 0 saturated carbocycles. The van der Waals surface area contributed by atoms with Gasteiger partial charge in [0.25, 0.3) is 0 Å². The number of likely N-dealkylation sites (tertiary alicyclic amines) is 1. The highest BCUT2D eigenvalue weighted by Gasteiger charge is 2.32. The third kappa shape index (κ3) is 4.38. The predicted molar refractivity (Wildman–Crippen MR) is 129 cm³/mol. The number of nitrogens with zero attached hydrogens (tertiary/aromatic N) is 6. The Bertz CT molecular complexity index is 1520. The van der Waals surface area contributed by atoms with E-state index in [1.54, 1.807) is 6.92 Å². The minimum atomic E-state index is -1.46. The number of fused-ring (bicyclic) bond motifs is 2. The molecule has 2 atom stereocenters. The molecule has 3 aromatic heterocycles. The van der Waals surface area contributed by atoms with Crippen LogP contribution in [-0.2, 0) is 11.3 Å². The molecule has 0 bridgehead atoms. The topological polar surface area (TPSA) is 110 Å². The summed E-state index contributed by atoms with van der Waals surface area (Å²) < 4.78 is 66.3. The summed E-state index contributed by atoms with van der Waals surface area (Å²) in [5.41, 5.74) is 0.599. The standard InChI is InChI=1S/C24H25F4N7O3/c1-12-29-21-14(26)7-13(8-18(21)34(12)6-4-25)20-16(28)10-35-22(20)23(38-2)31-24(32-35)30-17-3-5-33(9-15(17)27)19(37)11-36/h7-8,10,15,17,36H,3-6,9,11H2,1-2H3,(H,30,32)/t15-,17+/m1/s1. The molecule has 38 heavy (non-hydrogen) atoms. The monoisotopic (exact) mass is 535 g/mol. The number of halogens is 4. The van der Waals surface area contributed by atoms with Crippen LogP contribution >= 0.6 is 0 Å². The van der Waals surface area contributed by atoms with E-state index in [4.69, 9.17) is 9.84 Å². The molecule has 0 unspecified atom stereocenters. The van der Waals surface area contributed by atoms with Crippen molar-refractivity contribution in [3.8, 4) is 17.0 Å². The van der Waals surface area contributed by atoms with Crippen LogP contribution < -0.4 is 10.1 Å². The van der Waals surface area contributed by atoms with E-state index in [9.17, 15) is 13.6 Å². The van der Waals surface area contributed by atoms with Gasteiger partial charge in [-0.05, 0) is 31.0 Å². The van der Waals surface area contributed by atoms with Crippen molar-refractivity contribution in [2.75, 3.05) is 38.8 Å². The van der Waals surface area contributed by atoms with E-state index in [-0.39, 0.29) is 60.0 Å². The average Bonchev–Trinajstić information content (AvgIpc) is 3.40. The number of carbonyl (C=O) groups is 1. The Kier molecular flexibility index (Phi) is 6.82. The van der Waals surface area contributed by atoms with E-state index >= 15 is 8.78 Å². The number of imidazole rings is 1. The molecule has 1 aliphatic rings. The fourth-order valence-electron chi connectivity index (χ4n) is 4.87. The van der Waals surface area contributed by atoms with Gasteiger partial charge >= 0.3 is 0 Å². The van der Waals surface area contributed by atoms with Crippen LogP contribution in [0.25, 0.3) is 27.7 Å². The number of amides is 1. The number of nitrogens with one attached hydrogen (secondary N) is 1. The van der Waals surface area contributed by atoms with E-state index in [2.05, 4.69) is 20.4 Å². The molecule has 0 radical (unpaired) electrons. The summed E-state index contributed by atoms with van der Waals surface area (Å²) in [4.78, 5) is 21.3. The first kappa shape index (κ1) is 25.7. The van der Waals surface area contributed by atoms with Crippen molar-refractivity contribution in [2.45, 2.75) is 32.1 Å². The van der Waals surface area contributed by atoms with Crippen molar-refractivity contribution in [1.82, 2.24) is 29.0 Å². The quantitative estimate of drug-likeness (QED) is 0.350. The molecule has 10 nitrogen and oxygen atoms in total. The molecule has 14 heteroatoms. The van der Waals surface area contributed by atoms with E-state index in [0.717, 1.165) is 12.3 Å². The maximum atomic E-state index is 15.3. The molecule has 202 valence electrons. The molecule has 1 saturated heterocycles. The minimum Gasteiger partial charge on any atom is -0.479 e. The van der Waals surface area contributed by atoms with Crippen LogP contribution in [0.3, 0.4) is 0 Å². The van der Waals surface area contributed by atoms with Gasteiger partial charge in [0.15, 0.2) is 11.6 Å². The lowest BCUT2D eigenvalue weighted by Gasteiger charge is -2.34. The Hall–Kier alpha value is -3.94. The minimum absolute atomic E-state index is 0.0287. The lowest BCUT2D eigenvalue weighted by Crippen LogP contribution is -2.50. The van der Waals surface area contributed by atoms with E-state index in [1.807, 2.05) is 0 Å². The summed E-state index contributed by atoms with van der Waals surface area (Å²) in [6.45, 7) is 0.240. The largest absolute Gasteiger partial charge is 0.479 e. The Morgan fingerprint density at radius 3 is 2.74 bits per heavy atom. The van der Waals surface area contributed by atoms with Gasteiger partial charge in [-0.25, -0.2) is 27.1 Å². The van der Waals surface area contributed by atoms with E-state index < -0.39 is 43.0 Å². The summed E-state index contributed by atoms with van der Waals surface area (Å²) in [6.07, 6.45) is -0.164. The van der Waals surface area contributed by atoms with Gasteiger partial charge in [0.05, 0.1) is 43.5 Å². The molecule has 1 fully saturated rings. The normalized spacial score (nSPS) is 17.9. The highest BCUT2D eigenvalue weighted by molar-refractivity contribution is 5.90. The number of aromatic nitrogens is 5. The van der Waals surface area contributed by atoms with E-state index in [0.29, 0.717) is 11.3 Å².